The summed E-state index contributed by atoms with van der Waals surface area (Å²) in [4.78, 5) is 62.7. The van der Waals surface area contributed by atoms with Gasteiger partial charge in [-0.15, -0.1) is 11.3 Å². The molecule has 1 aliphatic carbocycles. The number of amides is 3. The maximum absolute atomic E-state index is 13.1. The topological polar surface area (TPSA) is 132 Å². The number of aromatic nitrogens is 2. The number of thiophene rings is 1. The highest BCUT2D eigenvalue weighted by Crippen LogP contribution is 2.38. The number of anilines is 2. The lowest BCUT2D eigenvalue weighted by Gasteiger charge is -2.16. The largest absolute Gasteiger partial charge is 0.449 e. The molecule has 0 radical (unpaired) electrons. The third kappa shape index (κ3) is 6.87. The van der Waals surface area contributed by atoms with Crippen LogP contribution < -0.4 is 16.2 Å². The Morgan fingerprint density at radius 3 is 2.33 bits per heavy atom. The van der Waals surface area contributed by atoms with Gasteiger partial charge < -0.3 is 20.3 Å². The first-order chi connectivity index (χ1) is 19.0. The molecule has 40 heavy (non-hydrogen) atoms. The molecule has 1 aliphatic rings. The Bertz CT molecular complexity index is 1450. The van der Waals surface area contributed by atoms with Crippen molar-refractivity contribution in [3.63, 3.8) is 0 Å². The van der Waals surface area contributed by atoms with Crippen molar-refractivity contribution in [2.75, 3.05) is 24.7 Å². The van der Waals surface area contributed by atoms with Crippen molar-refractivity contribution in [3.8, 4) is 5.69 Å². The van der Waals surface area contributed by atoms with Crippen LogP contribution in [-0.4, -0.2) is 58.7 Å². The van der Waals surface area contributed by atoms with Crippen LogP contribution in [0.15, 0.2) is 35.1 Å². The van der Waals surface area contributed by atoms with Crippen LogP contribution in [0.5, 0.6) is 0 Å². The zero-order valence-electron chi connectivity index (χ0n) is 23.6. The van der Waals surface area contributed by atoms with E-state index >= 15 is 0 Å². The van der Waals surface area contributed by atoms with Crippen molar-refractivity contribution < 1.29 is 23.9 Å². The van der Waals surface area contributed by atoms with Crippen molar-refractivity contribution >= 4 is 46.2 Å². The minimum atomic E-state index is -1.16. The molecule has 1 unspecified atom stereocenters. The van der Waals surface area contributed by atoms with E-state index in [1.165, 1.54) is 34.8 Å². The van der Waals surface area contributed by atoms with Gasteiger partial charge in [0.05, 0.1) is 16.9 Å². The summed E-state index contributed by atoms with van der Waals surface area (Å²) in [7, 11) is 5.10. The van der Waals surface area contributed by atoms with Gasteiger partial charge in [0.1, 0.15) is 10.7 Å². The fourth-order valence-corrected chi connectivity index (χ4v) is 5.56. The number of ether oxygens (including phenoxy) is 1. The average Bonchev–Trinajstić information content (AvgIpc) is 3.38. The van der Waals surface area contributed by atoms with Crippen molar-refractivity contribution in [1.29, 1.82) is 0 Å². The molecule has 3 aromatic rings. The van der Waals surface area contributed by atoms with Gasteiger partial charge in [0.2, 0.25) is 12.3 Å². The summed E-state index contributed by atoms with van der Waals surface area (Å²) in [6.45, 7) is 4.57. The van der Waals surface area contributed by atoms with Crippen LogP contribution in [0, 0.1) is 6.92 Å². The number of rotatable bonds is 7. The second-order valence-corrected chi connectivity index (χ2v) is 10.7. The van der Waals surface area contributed by atoms with E-state index in [9.17, 15) is 24.0 Å². The number of carbonyl (C=O) groups excluding carboxylic acids is 4. The van der Waals surface area contributed by atoms with E-state index in [4.69, 9.17) is 4.74 Å². The normalized spacial score (nSPS) is 12.8. The highest BCUT2D eigenvalue weighted by Gasteiger charge is 2.30. The summed E-state index contributed by atoms with van der Waals surface area (Å²) in [5.41, 5.74) is 2.16. The standard InChI is InChI=1S/C25H28N4O5S.C3H7NO/c1-14-21(24(32)29(28(14)4)17-10-6-5-7-11-17)27-22(31)15(2)34-25(33)20-18-12-8-9-13-19(18)35-23(20)26-16(3)30;1-4(2)3-5/h5-7,10-11,15H,8-9,12-13H2,1-4H3,(H,26,30)(H,27,31);3H,1-2H3. The molecule has 0 saturated heterocycles. The molecule has 0 spiro atoms. The number of nitrogens with one attached hydrogen (secondary N) is 2. The molecular formula is C28H35N5O6S. The average molecular weight is 570 g/mol. The summed E-state index contributed by atoms with van der Waals surface area (Å²) in [6.07, 6.45) is 3.13. The molecule has 0 bridgehead atoms. The van der Waals surface area contributed by atoms with Crippen LogP contribution in [0.1, 0.15) is 53.2 Å². The fourth-order valence-electron chi connectivity index (χ4n) is 4.24. The summed E-state index contributed by atoms with van der Waals surface area (Å²) in [5.74, 6) is -1.56. The van der Waals surface area contributed by atoms with Crippen molar-refractivity contribution in [3.05, 3.63) is 62.4 Å². The zero-order chi connectivity index (χ0) is 29.6. The van der Waals surface area contributed by atoms with Gasteiger partial charge in [0.25, 0.3) is 11.5 Å². The van der Waals surface area contributed by atoms with Crippen LogP contribution in [-0.2, 0) is 39.0 Å². The van der Waals surface area contributed by atoms with E-state index in [1.807, 2.05) is 18.2 Å². The molecule has 2 aromatic heterocycles. The predicted octanol–water partition coefficient (Wildman–Crippen LogP) is 3.27. The van der Waals surface area contributed by atoms with E-state index in [2.05, 4.69) is 10.6 Å². The molecule has 0 fully saturated rings. The molecule has 12 heteroatoms. The quantitative estimate of drug-likeness (QED) is 0.332. The molecule has 3 amide bonds. The number of aryl methyl sites for hydroxylation is 1. The molecule has 2 heterocycles. The van der Waals surface area contributed by atoms with Gasteiger partial charge in [-0.25, -0.2) is 9.48 Å². The van der Waals surface area contributed by atoms with E-state index in [1.54, 1.807) is 44.9 Å². The van der Waals surface area contributed by atoms with Crippen molar-refractivity contribution in [2.24, 2.45) is 7.05 Å². The third-order valence-electron chi connectivity index (χ3n) is 6.33. The second-order valence-electron chi connectivity index (χ2n) is 9.64. The van der Waals surface area contributed by atoms with Crippen LogP contribution in [0.4, 0.5) is 10.7 Å². The van der Waals surface area contributed by atoms with Gasteiger partial charge in [-0.1, -0.05) is 18.2 Å². The number of fused-ring (bicyclic) bond motifs is 1. The molecule has 0 saturated carbocycles. The smallest absolute Gasteiger partial charge is 0.342 e. The van der Waals surface area contributed by atoms with Gasteiger partial charge >= 0.3 is 5.97 Å². The third-order valence-corrected chi connectivity index (χ3v) is 7.54. The summed E-state index contributed by atoms with van der Waals surface area (Å²) in [6, 6.07) is 9.09. The second kappa shape index (κ2) is 13.2. The van der Waals surface area contributed by atoms with Gasteiger partial charge in [-0.2, -0.15) is 0 Å². The number of carbonyl (C=O) groups is 4. The first-order valence-corrected chi connectivity index (χ1v) is 13.7. The lowest BCUT2D eigenvalue weighted by molar-refractivity contribution is -0.123. The highest BCUT2D eigenvalue weighted by atomic mass is 32.1. The SMILES string of the molecule is CC(=O)Nc1sc2c(c1C(=O)OC(C)C(=O)Nc1c(C)n(C)n(-c3ccccc3)c1=O)CCCC2.CN(C)C=O. The van der Waals surface area contributed by atoms with E-state index in [0.29, 0.717) is 21.9 Å². The summed E-state index contributed by atoms with van der Waals surface area (Å²) in [5, 5.41) is 5.81. The number of benzene rings is 1. The van der Waals surface area contributed by atoms with Crippen LogP contribution in [0.25, 0.3) is 5.69 Å². The van der Waals surface area contributed by atoms with Crippen molar-refractivity contribution in [1.82, 2.24) is 14.3 Å². The Morgan fingerprint density at radius 2 is 1.73 bits per heavy atom. The Kier molecular flexibility index (Phi) is 10.1. The molecule has 11 nitrogen and oxygen atoms in total. The minimum absolute atomic E-state index is 0.121. The molecule has 1 atom stereocenters. The number of nitrogens with zero attached hydrogens (tertiary/aromatic N) is 3. The molecule has 2 N–H and O–H groups in total. The Hall–Kier alpha value is -4.19. The van der Waals surface area contributed by atoms with Gasteiger partial charge in [-0.3, -0.25) is 23.9 Å². The van der Waals surface area contributed by atoms with E-state index < -0.39 is 18.0 Å². The monoisotopic (exact) mass is 569 g/mol. The minimum Gasteiger partial charge on any atom is -0.449 e. The Balaban J connectivity index is 0.000000810. The number of hydrogen-bond acceptors (Lipinski definition) is 7. The molecule has 4 rings (SSSR count). The fraction of sp³-hybridized carbons (Fsp3) is 0.393. The predicted molar refractivity (Wildman–Crippen MR) is 154 cm³/mol. The zero-order valence-corrected chi connectivity index (χ0v) is 24.4. The van der Waals surface area contributed by atoms with Crippen LogP contribution in [0.3, 0.4) is 0 Å². The lowest BCUT2D eigenvalue weighted by Crippen LogP contribution is -2.32. The van der Waals surface area contributed by atoms with Gasteiger partial charge in [0, 0.05) is 32.9 Å². The summed E-state index contributed by atoms with van der Waals surface area (Å²) >= 11 is 1.38. The van der Waals surface area contributed by atoms with Crippen LogP contribution in [0.2, 0.25) is 0 Å². The Labute approximate surface area is 236 Å². The van der Waals surface area contributed by atoms with Crippen molar-refractivity contribution in [2.45, 2.75) is 52.6 Å². The highest BCUT2D eigenvalue weighted by molar-refractivity contribution is 7.17. The van der Waals surface area contributed by atoms with Gasteiger partial charge in [-0.05, 0) is 57.2 Å². The molecule has 0 aliphatic heterocycles. The molecular weight excluding hydrogens is 534 g/mol. The van der Waals surface area contributed by atoms with E-state index in [-0.39, 0.29) is 17.2 Å². The maximum Gasteiger partial charge on any atom is 0.342 e. The Morgan fingerprint density at radius 1 is 1.10 bits per heavy atom. The maximum atomic E-state index is 13.1. The first kappa shape index (κ1) is 30.4. The molecule has 1 aromatic carbocycles. The number of para-hydroxylation sites is 1. The van der Waals surface area contributed by atoms with E-state index in [0.717, 1.165) is 42.5 Å². The summed E-state index contributed by atoms with van der Waals surface area (Å²) < 4.78 is 8.62. The first-order valence-electron chi connectivity index (χ1n) is 12.9. The number of hydrogen-bond donors (Lipinski definition) is 2. The van der Waals surface area contributed by atoms with Gasteiger partial charge in [0.15, 0.2) is 6.10 Å². The lowest BCUT2D eigenvalue weighted by atomic mass is 9.95. The number of esters is 1. The molecule has 214 valence electrons. The van der Waals surface area contributed by atoms with Crippen LogP contribution >= 0.6 is 11.3 Å².